The summed E-state index contributed by atoms with van der Waals surface area (Å²) in [6.07, 6.45) is 0. The van der Waals surface area contributed by atoms with Crippen LogP contribution in [0.5, 0.6) is 5.75 Å². The first-order valence-electron chi connectivity index (χ1n) is 9.01. The van der Waals surface area contributed by atoms with E-state index in [1.54, 1.807) is 6.07 Å². The van der Waals surface area contributed by atoms with Gasteiger partial charge < -0.3 is 10.4 Å². The Balaban J connectivity index is 1.89. The molecule has 1 aliphatic heterocycles. The molecule has 0 saturated carbocycles. The number of nitrogens with one attached hydrogen (secondary N) is 1. The zero-order valence-electron chi connectivity index (χ0n) is 15.2. The van der Waals surface area contributed by atoms with Crippen LogP contribution < -0.4 is 5.32 Å². The Morgan fingerprint density at radius 1 is 0.931 bits per heavy atom. The van der Waals surface area contributed by atoms with Crippen LogP contribution in [0.25, 0.3) is 0 Å². The van der Waals surface area contributed by atoms with Gasteiger partial charge in [0.2, 0.25) is 0 Å². The van der Waals surface area contributed by atoms with Crippen molar-refractivity contribution in [1.82, 2.24) is 5.32 Å². The minimum atomic E-state index is -0.646. The fraction of sp³-hybridized carbons (Fsp3) is 0.0909. The number of aromatic hydroxyl groups is 1. The summed E-state index contributed by atoms with van der Waals surface area (Å²) in [6, 6.07) is 22.0. The van der Waals surface area contributed by atoms with Crippen LogP contribution in [0.1, 0.15) is 28.7 Å². The number of carbonyl (C=O) groups is 1. The average Bonchev–Trinajstić information content (AvgIpc) is 2.74. The summed E-state index contributed by atoms with van der Waals surface area (Å²) < 4.78 is 0. The summed E-state index contributed by atoms with van der Waals surface area (Å²) in [6.45, 7) is 0. The van der Waals surface area contributed by atoms with Crippen LogP contribution >= 0.6 is 0 Å². The molecule has 2 unspecified atom stereocenters. The molecule has 3 aromatic carbocycles. The summed E-state index contributed by atoms with van der Waals surface area (Å²) in [5.74, 6) is -0.783. The summed E-state index contributed by atoms with van der Waals surface area (Å²) in [4.78, 5) is 27.3. The van der Waals surface area contributed by atoms with Crippen LogP contribution in [0, 0.1) is 10.1 Å². The van der Waals surface area contributed by atoms with Gasteiger partial charge in [0.15, 0.2) is 5.75 Å². The second-order valence-corrected chi connectivity index (χ2v) is 6.68. The predicted octanol–water partition coefficient (Wildman–Crippen LogP) is 4.34. The Hall–Kier alpha value is -4.00. The van der Waals surface area contributed by atoms with Gasteiger partial charge >= 0.3 is 11.7 Å². The number of nitrogens with zero attached hydrogens (tertiary/aromatic N) is 2. The maximum Gasteiger partial charge on any atom is 0.341 e. The molecule has 2 N–H and O–H groups in total. The summed E-state index contributed by atoms with van der Waals surface area (Å²) >= 11 is 0. The molecule has 0 radical (unpaired) electrons. The standard InChI is InChI=1S/C22H17N3O4/c26-18-12-11-16(13-17(18)25(28)29)21-19(14-7-3-1-4-8-14)20(23-22(27)24-21)15-9-5-2-6-10-15/h1-13,19,21,26H,(H,24,27). The fourth-order valence-electron chi connectivity index (χ4n) is 3.61. The van der Waals surface area contributed by atoms with E-state index < -0.39 is 28.4 Å². The van der Waals surface area contributed by atoms with Gasteiger partial charge in [-0.05, 0) is 22.8 Å². The monoisotopic (exact) mass is 387 g/mol. The van der Waals surface area contributed by atoms with E-state index in [4.69, 9.17) is 0 Å². The van der Waals surface area contributed by atoms with Crippen LogP contribution in [-0.4, -0.2) is 21.8 Å². The minimum Gasteiger partial charge on any atom is -0.502 e. The molecule has 7 nitrogen and oxygen atoms in total. The van der Waals surface area contributed by atoms with Gasteiger partial charge in [0.25, 0.3) is 0 Å². The van der Waals surface area contributed by atoms with Crippen molar-refractivity contribution in [2.75, 3.05) is 0 Å². The molecular weight excluding hydrogens is 370 g/mol. The number of amides is 2. The van der Waals surface area contributed by atoms with Crippen molar-refractivity contribution in [3.8, 4) is 5.75 Å². The number of benzene rings is 3. The SMILES string of the molecule is O=C1N=C(c2ccccc2)C(c2ccccc2)C(c2ccc(O)c([N+](=O)[O-])c2)N1. The Morgan fingerprint density at radius 3 is 2.24 bits per heavy atom. The van der Waals surface area contributed by atoms with Gasteiger partial charge in [-0.25, -0.2) is 4.79 Å². The van der Waals surface area contributed by atoms with Gasteiger partial charge in [-0.1, -0.05) is 66.7 Å². The second kappa shape index (κ2) is 7.55. The zero-order valence-corrected chi connectivity index (χ0v) is 15.2. The van der Waals surface area contributed by atoms with E-state index >= 15 is 0 Å². The molecule has 29 heavy (non-hydrogen) atoms. The van der Waals surface area contributed by atoms with E-state index in [9.17, 15) is 20.0 Å². The fourth-order valence-corrected chi connectivity index (χ4v) is 3.61. The Labute approximate surface area is 166 Å². The lowest BCUT2D eigenvalue weighted by Gasteiger charge is -2.33. The highest BCUT2D eigenvalue weighted by Gasteiger charge is 2.36. The molecule has 0 aliphatic carbocycles. The highest BCUT2D eigenvalue weighted by Crippen LogP contribution is 2.39. The van der Waals surface area contributed by atoms with Crippen LogP contribution in [0.2, 0.25) is 0 Å². The maximum atomic E-state index is 12.4. The first-order valence-corrected chi connectivity index (χ1v) is 9.01. The van der Waals surface area contributed by atoms with Gasteiger partial charge in [-0.2, -0.15) is 4.99 Å². The molecule has 1 aliphatic rings. The lowest BCUT2D eigenvalue weighted by molar-refractivity contribution is -0.385. The maximum absolute atomic E-state index is 12.4. The predicted molar refractivity (Wildman–Crippen MR) is 108 cm³/mol. The molecule has 7 heteroatoms. The van der Waals surface area contributed by atoms with Crippen molar-refractivity contribution in [2.24, 2.45) is 4.99 Å². The molecule has 2 amide bonds. The molecule has 0 fully saturated rings. The van der Waals surface area contributed by atoms with E-state index in [1.807, 2.05) is 60.7 Å². The first kappa shape index (κ1) is 18.4. The third-order valence-electron chi connectivity index (χ3n) is 4.91. The number of phenolic OH excluding ortho intramolecular Hbond substituents is 1. The molecule has 1 heterocycles. The highest BCUT2D eigenvalue weighted by molar-refractivity contribution is 6.12. The third kappa shape index (κ3) is 3.58. The Bertz CT molecular complexity index is 1100. The number of rotatable bonds is 4. The lowest BCUT2D eigenvalue weighted by Crippen LogP contribution is -2.40. The number of hydrogen-bond donors (Lipinski definition) is 2. The van der Waals surface area contributed by atoms with E-state index in [0.29, 0.717) is 11.3 Å². The molecule has 0 spiro atoms. The molecule has 2 atom stereocenters. The van der Waals surface area contributed by atoms with E-state index in [2.05, 4.69) is 10.3 Å². The van der Waals surface area contributed by atoms with Gasteiger partial charge in [0, 0.05) is 6.07 Å². The third-order valence-corrected chi connectivity index (χ3v) is 4.91. The van der Waals surface area contributed by atoms with Gasteiger partial charge in [0.1, 0.15) is 0 Å². The smallest absolute Gasteiger partial charge is 0.341 e. The van der Waals surface area contributed by atoms with E-state index in [1.165, 1.54) is 12.1 Å². The molecule has 0 bridgehead atoms. The van der Waals surface area contributed by atoms with E-state index in [0.717, 1.165) is 11.1 Å². The van der Waals surface area contributed by atoms with Crippen molar-refractivity contribution in [1.29, 1.82) is 0 Å². The van der Waals surface area contributed by atoms with Crippen molar-refractivity contribution in [2.45, 2.75) is 12.0 Å². The van der Waals surface area contributed by atoms with Gasteiger partial charge in [-0.3, -0.25) is 10.1 Å². The van der Waals surface area contributed by atoms with Gasteiger partial charge in [0.05, 0.1) is 22.6 Å². The number of phenols is 1. The molecule has 4 rings (SSSR count). The van der Waals surface area contributed by atoms with Crippen molar-refractivity contribution in [3.63, 3.8) is 0 Å². The van der Waals surface area contributed by atoms with Gasteiger partial charge in [-0.15, -0.1) is 0 Å². The normalized spacial score (nSPS) is 18.6. The topological polar surface area (TPSA) is 105 Å². The van der Waals surface area contributed by atoms with Crippen LogP contribution in [0.3, 0.4) is 0 Å². The van der Waals surface area contributed by atoms with Crippen molar-refractivity contribution >= 4 is 17.4 Å². The Morgan fingerprint density at radius 2 is 1.59 bits per heavy atom. The number of hydrogen-bond acceptors (Lipinski definition) is 4. The molecule has 0 saturated heterocycles. The van der Waals surface area contributed by atoms with Crippen molar-refractivity contribution in [3.05, 3.63) is 106 Å². The molecule has 0 aromatic heterocycles. The first-order chi connectivity index (χ1) is 14.0. The Kier molecular flexibility index (Phi) is 4.78. The number of urea groups is 1. The van der Waals surface area contributed by atoms with Crippen molar-refractivity contribution < 1.29 is 14.8 Å². The number of nitro groups is 1. The van der Waals surface area contributed by atoms with Crippen LogP contribution in [-0.2, 0) is 0 Å². The zero-order chi connectivity index (χ0) is 20.4. The molecular formula is C22H17N3O4. The van der Waals surface area contributed by atoms with Crippen LogP contribution in [0.4, 0.5) is 10.5 Å². The highest BCUT2D eigenvalue weighted by atomic mass is 16.6. The quantitative estimate of drug-likeness (QED) is 0.513. The van der Waals surface area contributed by atoms with Crippen LogP contribution in [0.15, 0.2) is 83.9 Å². The molecule has 144 valence electrons. The summed E-state index contributed by atoms with van der Waals surface area (Å²) in [5, 5.41) is 23.9. The lowest BCUT2D eigenvalue weighted by atomic mass is 9.80. The summed E-state index contributed by atoms with van der Waals surface area (Å²) in [5.41, 5.74) is 2.40. The minimum absolute atomic E-state index is 0.361. The number of nitro benzene ring substituents is 1. The second-order valence-electron chi connectivity index (χ2n) is 6.68. The average molecular weight is 387 g/mol. The number of aliphatic imine (C=N–C) groups is 1. The molecule has 3 aromatic rings. The number of carbonyl (C=O) groups excluding carboxylic acids is 1. The summed E-state index contributed by atoms with van der Waals surface area (Å²) in [7, 11) is 0. The largest absolute Gasteiger partial charge is 0.502 e. The van der Waals surface area contributed by atoms with E-state index in [-0.39, 0.29) is 5.92 Å².